The lowest BCUT2D eigenvalue weighted by Gasteiger charge is -2.37. The van der Waals surface area contributed by atoms with E-state index in [0.717, 1.165) is 5.56 Å². The van der Waals surface area contributed by atoms with Gasteiger partial charge in [0.2, 0.25) is 11.8 Å². The number of sulfone groups is 1. The van der Waals surface area contributed by atoms with Gasteiger partial charge in [0.25, 0.3) is 0 Å². The van der Waals surface area contributed by atoms with E-state index in [1.165, 1.54) is 11.0 Å². The van der Waals surface area contributed by atoms with Gasteiger partial charge < -0.3 is 10.2 Å². The van der Waals surface area contributed by atoms with Gasteiger partial charge in [-0.1, -0.05) is 23.7 Å². The Labute approximate surface area is 159 Å². The molecule has 1 atom stereocenters. The van der Waals surface area contributed by atoms with Crippen molar-refractivity contribution >= 4 is 38.9 Å². The zero-order chi connectivity index (χ0) is 19.5. The van der Waals surface area contributed by atoms with Gasteiger partial charge in [-0.2, -0.15) is 0 Å². The molecule has 1 aliphatic heterocycles. The van der Waals surface area contributed by atoms with E-state index in [1.807, 2.05) is 6.92 Å². The molecule has 1 heterocycles. The molecular formula is C18H23ClN2O4S. The van der Waals surface area contributed by atoms with E-state index in [-0.39, 0.29) is 24.5 Å². The minimum absolute atomic E-state index is 0.0400. The van der Waals surface area contributed by atoms with Crippen LogP contribution in [0.4, 0.5) is 5.69 Å². The first-order valence-electron chi connectivity index (χ1n) is 8.24. The van der Waals surface area contributed by atoms with Gasteiger partial charge >= 0.3 is 0 Å². The second-order valence-electron chi connectivity index (χ2n) is 6.82. The van der Waals surface area contributed by atoms with Crippen molar-refractivity contribution in [2.24, 2.45) is 0 Å². The Morgan fingerprint density at radius 2 is 2.12 bits per heavy atom. The second kappa shape index (κ2) is 7.80. The van der Waals surface area contributed by atoms with Crippen LogP contribution in [0, 0.1) is 6.92 Å². The van der Waals surface area contributed by atoms with E-state index in [4.69, 9.17) is 11.6 Å². The zero-order valence-corrected chi connectivity index (χ0v) is 16.5. The predicted octanol–water partition coefficient (Wildman–Crippen LogP) is 2.57. The number of anilines is 1. The number of nitrogens with one attached hydrogen (secondary N) is 1. The van der Waals surface area contributed by atoms with E-state index < -0.39 is 27.2 Å². The van der Waals surface area contributed by atoms with E-state index in [2.05, 4.69) is 11.9 Å². The first-order chi connectivity index (χ1) is 12.1. The average Bonchev–Trinajstić information content (AvgIpc) is 2.82. The van der Waals surface area contributed by atoms with E-state index >= 15 is 0 Å². The Bertz CT molecular complexity index is 838. The highest BCUT2D eigenvalue weighted by atomic mass is 35.5. The van der Waals surface area contributed by atoms with Crippen molar-refractivity contribution in [3.05, 3.63) is 41.4 Å². The summed E-state index contributed by atoms with van der Waals surface area (Å²) in [5, 5.41) is 3.16. The van der Waals surface area contributed by atoms with E-state index in [1.54, 1.807) is 25.1 Å². The van der Waals surface area contributed by atoms with Crippen LogP contribution in [0.3, 0.4) is 0 Å². The smallest absolute Gasteiger partial charge is 0.233 e. The van der Waals surface area contributed by atoms with Crippen LogP contribution >= 0.6 is 11.6 Å². The van der Waals surface area contributed by atoms with Gasteiger partial charge in [-0.15, -0.1) is 6.58 Å². The van der Waals surface area contributed by atoms with Crippen LogP contribution in [0.5, 0.6) is 0 Å². The number of benzene rings is 1. The molecule has 0 radical (unpaired) electrons. The van der Waals surface area contributed by atoms with Crippen LogP contribution in [0.2, 0.25) is 5.02 Å². The van der Waals surface area contributed by atoms with Crippen molar-refractivity contribution < 1.29 is 18.0 Å². The molecule has 0 aliphatic carbocycles. The molecule has 8 heteroatoms. The molecule has 0 unspecified atom stereocenters. The van der Waals surface area contributed by atoms with Crippen molar-refractivity contribution in [1.29, 1.82) is 0 Å². The van der Waals surface area contributed by atoms with Crippen molar-refractivity contribution in [2.75, 3.05) is 23.4 Å². The Morgan fingerprint density at radius 1 is 1.42 bits per heavy atom. The third kappa shape index (κ3) is 4.86. The molecule has 6 nitrogen and oxygen atoms in total. The fourth-order valence-electron chi connectivity index (χ4n) is 3.11. The van der Waals surface area contributed by atoms with Crippen LogP contribution in [0.15, 0.2) is 30.9 Å². The van der Waals surface area contributed by atoms with Gasteiger partial charge in [0, 0.05) is 17.3 Å². The number of amides is 2. The highest BCUT2D eigenvalue weighted by Gasteiger charge is 2.44. The monoisotopic (exact) mass is 398 g/mol. The third-order valence-electron chi connectivity index (χ3n) is 4.53. The lowest BCUT2D eigenvalue weighted by Crippen LogP contribution is -2.51. The Morgan fingerprint density at radius 3 is 2.69 bits per heavy atom. The van der Waals surface area contributed by atoms with Crippen LogP contribution in [-0.4, -0.2) is 48.7 Å². The maximum absolute atomic E-state index is 12.7. The molecule has 1 aliphatic rings. The average molecular weight is 399 g/mol. The molecule has 2 rings (SSSR count). The molecule has 0 saturated carbocycles. The Kier molecular flexibility index (Phi) is 6.13. The van der Waals surface area contributed by atoms with Gasteiger partial charge in [0.15, 0.2) is 9.84 Å². The number of nitrogens with zero attached hydrogens (tertiary/aromatic N) is 1. The second-order valence-corrected chi connectivity index (χ2v) is 9.44. The number of aryl methyl sites for hydroxylation is 1. The van der Waals surface area contributed by atoms with Crippen LogP contribution in [0.25, 0.3) is 0 Å². The number of rotatable bonds is 6. The molecule has 1 N–H and O–H groups in total. The fourth-order valence-corrected chi connectivity index (χ4v) is 5.43. The molecule has 1 fully saturated rings. The summed E-state index contributed by atoms with van der Waals surface area (Å²) in [7, 11) is -3.18. The van der Waals surface area contributed by atoms with Gasteiger partial charge in [0.05, 0.1) is 17.0 Å². The molecule has 0 bridgehead atoms. The largest absolute Gasteiger partial charge is 0.332 e. The highest BCUT2D eigenvalue weighted by molar-refractivity contribution is 7.91. The summed E-state index contributed by atoms with van der Waals surface area (Å²) in [6, 6.07) is 5.10. The summed E-state index contributed by atoms with van der Waals surface area (Å²) in [6.45, 7) is 7.38. The van der Waals surface area contributed by atoms with Gasteiger partial charge in [-0.3, -0.25) is 9.59 Å². The highest BCUT2D eigenvalue weighted by Crippen LogP contribution is 2.30. The maximum atomic E-state index is 12.7. The first kappa shape index (κ1) is 20.5. The van der Waals surface area contributed by atoms with E-state index in [9.17, 15) is 18.0 Å². The Hall–Kier alpha value is -1.86. The van der Waals surface area contributed by atoms with Crippen LogP contribution in [-0.2, 0) is 19.4 Å². The molecule has 1 aromatic carbocycles. The minimum atomic E-state index is -3.18. The standard InChI is InChI=1S/C18H23ClN2O4S/c1-4-8-21(18(3)7-9-26(24,25)12-18)17(23)11-16(22)20-15-10-14(19)6-5-13(15)2/h4-6,10H,1,7-9,11-12H2,2-3H3,(H,20,22)/t18-/m1/s1. The molecular weight excluding hydrogens is 376 g/mol. The molecule has 2 amide bonds. The van der Waals surface area contributed by atoms with Gasteiger partial charge in [0.1, 0.15) is 6.42 Å². The SMILES string of the molecule is C=CCN(C(=O)CC(=O)Nc1cc(Cl)ccc1C)[C@]1(C)CCS(=O)(=O)C1. The van der Waals surface area contributed by atoms with E-state index in [0.29, 0.717) is 17.1 Å². The first-order valence-corrected chi connectivity index (χ1v) is 10.4. The Balaban J connectivity index is 2.11. The van der Waals surface area contributed by atoms with Crippen LogP contribution < -0.4 is 5.32 Å². The molecule has 1 saturated heterocycles. The number of hydrogen-bond donors (Lipinski definition) is 1. The summed E-state index contributed by atoms with van der Waals surface area (Å²) < 4.78 is 23.7. The van der Waals surface area contributed by atoms with Crippen molar-refractivity contribution in [1.82, 2.24) is 4.90 Å². The number of carbonyl (C=O) groups is 2. The van der Waals surface area contributed by atoms with Gasteiger partial charge in [-0.05, 0) is 38.0 Å². The molecule has 1 aromatic rings. The summed E-state index contributed by atoms with van der Waals surface area (Å²) >= 11 is 5.93. The molecule has 0 aromatic heterocycles. The topological polar surface area (TPSA) is 83.6 Å². The van der Waals surface area contributed by atoms with Crippen molar-refractivity contribution in [2.45, 2.75) is 32.2 Å². The molecule has 142 valence electrons. The van der Waals surface area contributed by atoms with Gasteiger partial charge in [-0.25, -0.2) is 8.42 Å². The summed E-state index contributed by atoms with van der Waals surface area (Å²) in [5.74, 6) is -0.965. The van der Waals surface area contributed by atoms with Crippen molar-refractivity contribution in [3.63, 3.8) is 0 Å². The zero-order valence-electron chi connectivity index (χ0n) is 14.9. The fraction of sp³-hybridized carbons (Fsp3) is 0.444. The maximum Gasteiger partial charge on any atom is 0.233 e. The lowest BCUT2D eigenvalue weighted by atomic mass is 9.98. The predicted molar refractivity (Wildman–Crippen MR) is 103 cm³/mol. The number of carbonyl (C=O) groups excluding carboxylic acids is 2. The number of hydrogen-bond acceptors (Lipinski definition) is 4. The summed E-state index contributed by atoms with van der Waals surface area (Å²) in [6.07, 6.45) is 1.51. The van der Waals surface area contributed by atoms with Crippen molar-refractivity contribution in [3.8, 4) is 0 Å². The quantitative estimate of drug-likeness (QED) is 0.589. The molecule has 0 spiro atoms. The number of halogens is 1. The molecule has 26 heavy (non-hydrogen) atoms. The van der Waals surface area contributed by atoms with Crippen LogP contribution in [0.1, 0.15) is 25.3 Å². The lowest BCUT2D eigenvalue weighted by molar-refractivity contribution is -0.138. The summed E-state index contributed by atoms with van der Waals surface area (Å²) in [4.78, 5) is 26.4. The normalized spacial score (nSPS) is 21.2. The minimum Gasteiger partial charge on any atom is -0.332 e. The third-order valence-corrected chi connectivity index (χ3v) is 6.66. The summed E-state index contributed by atoms with van der Waals surface area (Å²) in [5.41, 5.74) is 0.545.